The van der Waals surface area contributed by atoms with E-state index < -0.39 is 0 Å². The first-order valence-electron chi connectivity index (χ1n) is 7.11. The van der Waals surface area contributed by atoms with Crippen molar-refractivity contribution >= 4 is 5.95 Å². The lowest BCUT2D eigenvalue weighted by Crippen LogP contribution is -2.27. The molecule has 0 radical (unpaired) electrons. The first kappa shape index (κ1) is 13.4. The minimum absolute atomic E-state index is 0.452. The maximum Gasteiger partial charge on any atom is 0.203 e. The molecule has 1 atom stereocenters. The number of hydrogen-bond acceptors (Lipinski definition) is 3. The number of nitrogens with one attached hydrogen (secondary N) is 1. The minimum atomic E-state index is 0.452. The lowest BCUT2D eigenvalue weighted by Gasteiger charge is -2.26. The number of hydrogen-bond donors (Lipinski definition) is 1. The molecule has 1 aliphatic carbocycles. The van der Waals surface area contributed by atoms with Crippen molar-refractivity contribution in [2.24, 2.45) is 0 Å². The fourth-order valence-electron chi connectivity index (χ4n) is 2.83. The average molecular weight is 250 g/mol. The molecule has 1 aliphatic rings. The van der Waals surface area contributed by atoms with Gasteiger partial charge in [0, 0.05) is 31.0 Å². The molecule has 2 rings (SSSR count). The van der Waals surface area contributed by atoms with Gasteiger partial charge < -0.3 is 14.8 Å². The second-order valence-corrected chi connectivity index (χ2v) is 5.75. The van der Waals surface area contributed by atoms with Crippen molar-refractivity contribution < 1.29 is 0 Å². The maximum absolute atomic E-state index is 4.47. The molecule has 18 heavy (non-hydrogen) atoms. The molecule has 0 spiro atoms. The first-order chi connectivity index (χ1) is 8.66. The van der Waals surface area contributed by atoms with E-state index in [4.69, 9.17) is 0 Å². The molecule has 102 valence electrons. The third-order valence-electron chi connectivity index (χ3n) is 3.71. The molecule has 0 aromatic carbocycles. The summed E-state index contributed by atoms with van der Waals surface area (Å²) in [6.07, 6.45) is 10.7. The monoisotopic (exact) mass is 250 g/mol. The molecular weight excluding hydrogens is 224 g/mol. The Balaban J connectivity index is 1.98. The molecule has 0 saturated heterocycles. The minimum Gasteiger partial charge on any atom is -0.353 e. The molecule has 1 heterocycles. The van der Waals surface area contributed by atoms with E-state index in [0.29, 0.717) is 12.1 Å². The summed E-state index contributed by atoms with van der Waals surface area (Å²) in [5.41, 5.74) is 0. The number of aromatic nitrogens is 2. The SMILES string of the molecule is CC(CN(C)C)n1ccnc1NC1CCCCC1. The van der Waals surface area contributed by atoms with Crippen LogP contribution in [-0.2, 0) is 0 Å². The highest BCUT2D eigenvalue weighted by atomic mass is 15.2. The van der Waals surface area contributed by atoms with Crippen molar-refractivity contribution in [1.29, 1.82) is 0 Å². The number of likely N-dealkylation sites (N-methyl/N-ethyl adjacent to an activating group) is 1. The lowest BCUT2D eigenvalue weighted by atomic mass is 9.96. The molecule has 1 aromatic heterocycles. The van der Waals surface area contributed by atoms with E-state index in [-0.39, 0.29) is 0 Å². The molecule has 1 saturated carbocycles. The Labute approximate surface area is 110 Å². The molecule has 1 unspecified atom stereocenters. The molecular formula is C14H26N4. The van der Waals surface area contributed by atoms with Crippen LogP contribution in [0.25, 0.3) is 0 Å². The van der Waals surface area contributed by atoms with Gasteiger partial charge in [-0.15, -0.1) is 0 Å². The summed E-state index contributed by atoms with van der Waals surface area (Å²) in [6.45, 7) is 3.28. The molecule has 1 N–H and O–H groups in total. The highest BCUT2D eigenvalue weighted by Crippen LogP contribution is 2.22. The van der Waals surface area contributed by atoms with Crippen LogP contribution >= 0.6 is 0 Å². The van der Waals surface area contributed by atoms with Crippen LogP contribution in [0.4, 0.5) is 5.95 Å². The highest BCUT2D eigenvalue weighted by Gasteiger charge is 2.17. The van der Waals surface area contributed by atoms with Crippen molar-refractivity contribution in [1.82, 2.24) is 14.5 Å². The Bertz CT molecular complexity index is 352. The van der Waals surface area contributed by atoms with Crippen LogP contribution in [0.5, 0.6) is 0 Å². The van der Waals surface area contributed by atoms with Crippen LogP contribution < -0.4 is 5.32 Å². The van der Waals surface area contributed by atoms with E-state index in [9.17, 15) is 0 Å². The molecule has 1 aromatic rings. The van der Waals surface area contributed by atoms with E-state index >= 15 is 0 Å². The largest absolute Gasteiger partial charge is 0.353 e. The zero-order valence-corrected chi connectivity index (χ0v) is 11.9. The summed E-state index contributed by atoms with van der Waals surface area (Å²) >= 11 is 0. The van der Waals surface area contributed by atoms with Gasteiger partial charge in [-0.2, -0.15) is 0 Å². The normalized spacial score (nSPS) is 19.1. The Morgan fingerprint density at radius 3 is 2.78 bits per heavy atom. The molecule has 1 fully saturated rings. The summed E-state index contributed by atoms with van der Waals surface area (Å²) in [4.78, 5) is 6.69. The third kappa shape index (κ3) is 3.48. The van der Waals surface area contributed by atoms with E-state index in [0.717, 1.165) is 12.5 Å². The zero-order valence-electron chi connectivity index (χ0n) is 11.9. The van der Waals surface area contributed by atoms with Gasteiger partial charge in [0.25, 0.3) is 0 Å². The van der Waals surface area contributed by atoms with Crippen LogP contribution in [-0.4, -0.2) is 41.1 Å². The third-order valence-corrected chi connectivity index (χ3v) is 3.71. The van der Waals surface area contributed by atoms with Gasteiger partial charge in [0.05, 0.1) is 0 Å². The summed E-state index contributed by atoms with van der Waals surface area (Å²) in [5.74, 6) is 1.04. The predicted molar refractivity (Wildman–Crippen MR) is 76.0 cm³/mol. The van der Waals surface area contributed by atoms with E-state index in [1.807, 2.05) is 6.20 Å². The van der Waals surface area contributed by atoms with E-state index in [1.54, 1.807) is 0 Å². The molecule has 0 bridgehead atoms. The Kier molecular flexibility index (Phi) is 4.64. The van der Waals surface area contributed by atoms with Crippen molar-refractivity contribution in [3.63, 3.8) is 0 Å². The fraction of sp³-hybridized carbons (Fsp3) is 0.786. The van der Waals surface area contributed by atoms with Crippen LogP contribution in [0.3, 0.4) is 0 Å². The Morgan fingerprint density at radius 2 is 2.11 bits per heavy atom. The quantitative estimate of drug-likeness (QED) is 0.872. The number of nitrogens with zero attached hydrogens (tertiary/aromatic N) is 3. The predicted octanol–water partition coefficient (Wildman–Crippen LogP) is 2.75. The van der Waals surface area contributed by atoms with Gasteiger partial charge in [0.15, 0.2) is 0 Å². The topological polar surface area (TPSA) is 33.1 Å². The van der Waals surface area contributed by atoms with Crippen LogP contribution in [0.2, 0.25) is 0 Å². The summed E-state index contributed by atoms with van der Waals surface area (Å²) in [7, 11) is 4.23. The van der Waals surface area contributed by atoms with Crippen molar-refractivity contribution in [2.75, 3.05) is 26.0 Å². The van der Waals surface area contributed by atoms with Crippen LogP contribution in [0.15, 0.2) is 12.4 Å². The van der Waals surface area contributed by atoms with Crippen molar-refractivity contribution in [2.45, 2.75) is 51.1 Å². The van der Waals surface area contributed by atoms with E-state index in [1.165, 1.54) is 32.1 Å². The molecule has 4 heteroatoms. The van der Waals surface area contributed by atoms with Gasteiger partial charge in [-0.1, -0.05) is 19.3 Å². The standard InChI is InChI=1S/C14H26N4/c1-12(11-17(2)3)18-10-9-15-14(18)16-13-7-5-4-6-8-13/h9-10,12-13H,4-8,11H2,1-3H3,(H,15,16). The fourth-order valence-corrected chi connectivity index (χ4v) is 2.83. The summed E-state index contributed by atoms with van der Waals surface area (Å²) in [5, 5.41) is 3.62. The second kappa shape index (κ2) is 6.23. The van der Waals surface area contributed by atoms with Crippen LogP contribution in [0.1, 0.15) is 45.1 Å². The van der Waals surface area contributed by atoms with Crippen LogP contribution in [0, 0.1) is 0 Å². The van der Waals surface area contributed by atoms with Crippen molar-refractivity contribution in [3.8, 4) is 0 Å². The van der Waals surface area contributed by atoms with Gasteiger partial charge in [-0.05, 0) is 33.9 Å². The summed E-state index contributed by atoms with van der Waals surface area (Å²) < 4.78 is 2.26. The lowest BCUT2D eigenvalue weighted by molar-refractivity contribution is 0.337. The Hall–Kier alpha value is -1.03. The number of rotatable bonds is 5. The molecule has 4 nitrogen and oxygen atoms in total. The van der Waals surface area contributed by atoms with E-state index in [2.05, 4.69) is 47.0 Å². The van der Waals surface area contributed by atoms with Gasteiger partial charge in [0.2, 0.25) is 5.95 Å². The van der Waals surface area contributed by atoms with Gasteiger partial charge in [-0.3, -0.25) is 0 Å². The van der Waals surface area contributed by atoms with Crippen molar-refractivity contribution in [3.05, 3.63) is 12.4 Å². The highest BCUT2D eigenvalue weighted by molar-refractivity contribution is 5.28. The maximum atomic E-state index is 4.47. The number of imidazole rings is 1. The van der Waals surface area contributed by atoms with Gasteiger partial charge in [0.1, 0.15) is 0 Å². The average Bonchev–Trinajstić information content (AvgIpc) is 2.77. The Morgan fingerprint density at radius 1 is 1.39 bits per heavy atom. The summed E-state index contributed by atoms with van der Waals surface area (Å²) in [6, 6.07) is 1.07. The van der Waals surface area contributed by atoms with Gasteiger partial charge in [-0.25, -0.2) is 4.98 Å². The van der Waals surface area contributed by atoms with Gasteiger partial charge >= 0.3 is 0 Å². The zero-order chi connectivity index (χ0) is 13.0. The number of anilines is 1. The smallest absolute Gasteiger partial charge is 0.203 e. The molecule has 0 amide bonds. The molecule has 0 aliphatic heterocycles. The first-order valence-corrected chi connectivity index (χ1v) is 7.11. The second-order valence-electron chi connectivity index (χ2n) is 5.75.